The molecule has 0 spiro atoms. The van der Waals surface area contributed by atoms with Gasteiger partial charge in [0.05, 0.1) is 45.9 Å². The predicted molar refractivity (Wildman–Crippen MR) is 154 cm³/mol. The Balaban J connectivity index is 1.73. The summed E-state index contributed by atoms with van der Waals surface area (Å²) in [6.45, 7) is 1.83. The number of para-hydroxylation sites is 2. The molecule has 0 fully saturated rings. The number of amides is 1. The molecule has 208 valence electrons. The van der Waals surface area contributed by atoms with Gasteiger partial charge in [0, 0.05) is 24.1 Å². The van der Waals surface area contributed by atoms with E-state index in [1.165, 1.54) is 0 Å². The third kappa shape index (κ3) is 4.74. The van der Waals surface area contributed by atoms with Crippen molar-refractivity contribution >= 4 is 23.1 Å². The van der Waals surface area contributed by atoms with Gasteiger partial charge in [-0.05, 0) is 59.9 Å². The molecular weight excluding hydrogens is 508 g/mol. The average Bonchev–Trinajstić information content (AvgIpc) is 3.14. The first-order chi connectivity index (χ1) is 19.4. The molecule has 40 heavy (non-hydrogen) atoms. The number of ether oxygens (including phenoxy) is 4. The molecular formula is C32H34N2O6. The molecule has 1 aliphatic carbocycles. The average molecular weight is 543 g/mol. The molecule has 8 nitrogen and oxygen atoms in total. The summed E-state index contributed by atoms with van der Waals surface area (Å²) in [6.07, 6.45) is 1.19. The Labute approximate surface area is 234 Å². The highest BCUT2D eigenvalue weighted by Crippen LogP contribution is 2.50. The van der Waals surface area contributed by atoms with Crippen LogP contribution in [0.15, 0.2) is 71.9 Å². The van der Waals surface area contributed by atoms with E-state index in [4.69, 9.17) is 18.9 Å². The van der Waals surface area contributed by atoms with Gasteiger partial charge < -0.3 is 24.3 Å². The smallest absolute Gasteiger partial charge is 0.227 e. The third-order valence-corrected chi connectivity index (χ3v) is 7.65. The highest BCUT2D eigenvalue weighted by atomic mass is 16.5. The highest BCUT2D eigenvalue weighted by Gasteiger charge is 2.42. The van der Waals surface area contributed by atoms with Crippen LogP contribution in [0.25, 0.3) is 0 Å². The van der Waals surface area contributed by atoms with Crippen LogP contribution in [0.1, 0.15) is 49.3 Å². The fraction of sp³-hybridized carbons (Fsp3) is 0.312. The van der Waals surface area contributed by atoms with Crippen molar-refractivity contribution in [3.8, 4) is 23.0 Å². The third-order valence-electron chi connectivity index (χ3n) is 7.65. The van der Waals surface area contributed by atoms with Crippen LogP contribution in [0.5, 0.6) is 23.0 Å². The molecule has 0 radical (unpaired) electrons. The number of fused-ring (bicyclic) bond motifs is 1. The van der Waals surface area contributed by atoms with Gasteiger partial charge in [0.1, 0.15) is 5.75 Å². The van der Waals surface area contributed by atoms with Gasteiger partial charge in [0.15, 0.2) is 17.3 Å². The summed E-state index contributed by atoms with van der Waals surface area (Å²) in [5, 5.41) is 3.56. The molecule has 8 heteroatoms. The second-order valence-corrected chi connectivity index (χ2v) is 9.81. The molecule has 0 aromatic heterocycles. The quantitative estimate of drug-likeness (QED) is 0.390. The van der Waals surface area contributed by atoms with Crippen molar-refractivity contribution in [3.05, 3.63) is 83.1 Å². The summed E-state index contributed by atoms with van der Waals surface area (Å²) < 4.78 is 22.2. The topological polar surface area (TPSA) is 86.3 Å². The van der Waals surface area contributed by atoms with Crippen LogP contribution in [0.2, 0.25) is 0 Å². The molecule has 1 N–H and O–H groups in total. The number of nitrogens with zero attached hydrogens (tertiary/aromatic N) is 1. The van der Waals surface area contributed by atoms with Crippen LogP contribution >= 0.6 is 0 Å². The molecule has 2 atom stereocenters. The summed E-state index contributed by atoms with van der Waals surface area (Å²) in [4.78, 5) is 29.6. The number of rotatable bonds is 7. The number of methoxy groups -OCH3 is 4. The van der Waals surface area contributed by atoms with E-state index in [2.05, 4.69) is 5.32 Å². The number of carbonyl (C=O) groups excluding carboxylic acids is 2. The largest absolute Gasteiger partial charge is 0.497 e. The number of hydrogen-bond acceptors (Lipinski definition) is 7. The Kier molecular flexibility index (Phi) is 7.69. The molecule has 1 amide bonds. The van der Waals surface area contributed by atoms with Crippen molar-refractivity contribution in [2.75, 3.05) is 38.7 Å². The summed E-state index contributed by atoms with van der Waals surface area (Å²) in [5.74, 6) is 1.97. The van der Waals surface area contributed by atoms with Gasteiger partial charge in [0.25, 0.3) is 0 Å². The maximum atomic E-state index is 14.2. The van der Waals surface area contributed by atoms with Crippen molar-refractivity contribution in [1.29, 1.82) is 0 Å². The van der Waals surface area contributed by atoms with Gasteiger partial charge in [0.2, 0.25) is 11.7 Å². The number of carbonyl (C=O) groups is 2. The van der Waals surface area contributed by atoms with E-state index in [9.17, 15) is 9.59 Å². The van der Waals surface area contributed by atoms with Crippen molar-refractivity contribution < 1.29 is 28.5 Å². The van der Waals surface area contributed by atoms with E-state index in [1.54, 1.807) is 33.3 Å². The number of Topliss-reactive ketones (excluding diaryl/α,β-unsaturated/α-hetero) is 1. The first kappa shape index (κ1) is 27.1. The lowest BCUT2D eigenvalue weighted by atomic mass is 9.78. The Morgan fingerprint density at radius 3 is 2.15 bits per heavy atom. The second-order valence-electron chi connectivity index (χ2n) is 9.81. The first-order valence-electron chi connectivity index (χ1n) is 13.3. The van der Waals surface area contributed by atoms with Gasteiger partial charge in [-0.3, -0.25) is 14.5 Å². The normalized spacial score (nSPS) is 18.2. The molecule has 0 bridgehead atoms. The zero-order valence-electron chi connectivity index (χ0n) is 23.4. The summed E-state index contributed by atoms with van der Waals surface area (Å²) >= 11 is 0. The van der Waals surface area contributed by atoms with Crippen LogP contribution in [-0.2, 0) is 9.59 Å². The second kappa shape index (κ2) is 11.3. The molecule has 3 aromatic carbocycles. The lowest BCUT2D eigenvalue weighted by Crippen LogP contribution is -2.38. The van der Waals surface area contributed by atoms with Gasteiger partial charge in [-0.1, -0.05) is 31.2 Å². The fourth-order valence-electron chi connectivity index (χ4n) is 5.72. The number of anilines is 2. The minimum atomic E-state index is -0.698. The van der Waals surface area contributed by atoms with E-state index in [0.29, 0.717) is 46.9 Å². The van der Waals surface area contributed by atoms with E-state index < -0.39 is 6.04 Å². The van der Waals surface area contributed by atoms with Gasteiger partial charge in [-0.25, -0.2) is 0 Å². The molecule has 3 aromatic rings. The number of hydrogen-bond donors (Lipinski definition) is 1. The number of ketones is 1. The van der Waals surface area contributed by atoms with E-state index in [1.807, 2.05) is 67.6 Å². The lowest BCUT2D eigenvalue weighted by Gasteiger charge is -2.35. The van der Waals surface area contributed by atoms with Crippen LogP contribution in [-0.4, -0.2) is 40.1 Å². The van der Waals surface area contributed by atoms with Gasteiger partial charge in [-0.2, -0.15) is 0 Å². The Bertz CT molecular complexity index is 1440. The van der Waals surface area contributed by atoms with Crippen LogP contribution in [0.4, 0.5) is 11.4 Å². The van der Waals surface area contributed by atoms with Gasteiger partial charge in [-0.15, -0.1) is 0 Å². The number of nitrogens with one attached hydrogen (secondary N) is 1. The zero-order chi connectivity index (χ0) is 28.4. The lowest BCUT2D eigenvalue weighted by molar-refractivity contribution is -0.119. The maximum absolute atomic E-state index is 14.2. The number of allylic oxidation sites excluding steroid dienone is 1. The monoisotopic (exact) mass is 542 g/mol. The minimum Gasteiger partial charge on any atom is -0.497 e. The van der Waals surface area contributed by atoms with E-state index >= 15 is 0 Å². The summed E-state index contributed by atoms with van der Waals surface area (Å²) in [5.41, 5.74) is 4.60. The molecule has 1 heterocycles. The van der Waals surface area contributed by atoms with Crippen LogP contribution in [0.3, 0.4) is 0 Å². The fourth-order valence-corrected chi connectivity index (χ4v) is 5.72. The zero-order valence-corrected chi connectivity index (χ0v) is 23.4. The number of benzene rings is 3. The molecule has 0 saturated carbocycles. The SMILES string of the molecule is CCC(=O)N1c2ccccc2NC2=C(C(=O)C[C@H](c3ccc(OC)cc3)C2)[C@H]1c1cc(OC)c(OC)c(OC)c1. The molecule has 1 aliphatic heterocycles. The Morgan fingerprint density at radius 1 is 0.875 bits per heavy atom. The molecule has 0 unspecified atom stereocenters. The standard InChI is InChI=1S/C32H34N2O6/c1-6-29(36)34-25-10-8-7-9-23(25)33-24-15-20(19-11-13-22(37-2)14-12-19)16-26(35)30(24)31(34)21-17-27(38-3)32(40-5)28(18-21)39-4/h7-14,17-18,20,31,33H,6,15-16H2,1-5H3/t20-,31-/m1/s1. The van der Waals surface area contributed by atoms with Crippen molar-refractivity contribution in [3.63, 3.8) is 0 Å². The van der Waals surface area contributed by atoms with Crippen molar-refractivity contribution in [1.82, 2.24) is 0 Å². The van der Waals surface area contributed by atoms with Crippen molar-refractivity contribution in [2.45, 2.75) is 38.1 Å². The Hall–Kier alpha value is -4.46. The van der Waals surface area contributed by atoms with E-state index in [-0.39, 0.29) is 24.0 Å². The van der Waals surface area contributed by atoms with E-state index in [0.717, 1.165) is 22.7 Å². The predicted octanol–water partition coefficient (Wildman–Crippen LogP) is 6.03. The minimum absolute atomic E-state index is 0.0185. The van der Waals surface area contributed by atoms with Gasteiger partial charge >= 0.3 is 0 Å². The first-order valence-corrected chi connectivity index (χ1v) is 13.3. The highest BCUT2D eigenvalue weighted by molar-refractivity contribution is 6.06. The summed E-state index contributed by atoms with van der Waals surface area (Å²) in [7, 11) is 6.28. The summed E-state index contributed by atoms with van der Waals surface area (Å²) in [6, 6.07) is 18.5. The van der Waals surface area contributed by atoms with Crippen LogP contribution < -0.4 is 29.2 Å². The molecule has 0 saturated heterocycles. The van der Waals surface area contributed by atoms with Crippen molar-refractivity contribution in [2.24, 2.45) is 0 Å². The Morgan fingerprint density at radius 2 is 1.55 bits per heavy atom. The van der Waals surface area contributed by atoms with Crippen LogP contribution in [0, 0.1) is 0 Å². The maximum Gasteiger partial charge on any atom is 0.227 e. The molecule has 2 aliphatic rings. The molecule has 5 rings (SSSR count).